The second-order valence-corrected chi connectivity index (χ2v) is 6.96. The van der Waals surface area contributed by atoms with Crippen LogP contribution >= 0.6 is 0 Å². The summed E-state index contributed by atoms with van der Waals surface area (Å²) in [6, 6.07) is 7.85. The van der Waals surface area contributed by atoms with E-state index in [1.165, 1.54) is 0 Å². The van der Waals surface area contributed by atoms with E-state index in [1.807, 2.05) is 30.3 Å². The lowest BCUT2D eigenvalue weighted by molar-refractivity contribution is -0.227. The molecule has 1 spiro atoms. The Morgan fingerprint density at radius 3 is 2.62 bits per heavy atom. The monoisotopic (exact) mass is 328 g/mol. The maximum atomic E-state index is 13.0. The molecule has 2 saturated carbocycles. The van der Waals surface area contributed by atoms with Gasteiger partial charge in [-0.05, 0) is 55.0 Å². The fraction of sp³-hybridized carbons (Fsp3) is 0.550. The van der Waals surface area contributed by atoms with Crippen LogP contribution in [0.15, 0.2) is 29.8 Å². The minimum atomic E-state index is -0.482. The molecule has 0 amide bonds. The van der Waals surface area contributed by atoms with Gasteiger partial charge in [0.2, 0.25) is 0 Å². The molecule has 4 heteroatoms. The Hall–Kier alpha value is -1.65. The number of methoxy groups -OCH3 is 1. The van der Waals surface area contributed by atoms with E-state index >= 15 is 0 Å². The van der Waals surface area contributed by atoms with Crippen LogP contribution in [0, 0.1) is 11.8 Å². The molecule has 1 heterocycles. The second-order valence-electron chi connectivity index (χ2n) is 6.96. The number of carbonyl (C=O) groups excluding carboxylic acids is 1. The Labute approximate surface area is 142 Å². The average molecular weight is 328 g/mol. The van der Waals surface area contributed by atoms with Gasteiger partial charge in [0, 0.05) is 18.3 Å². The number of ketones is 1. The lowest BCUT2D eigenvalue weighted by atomic mass is 9.65. The number of ether oxygens (including phenoxy) is 3. The van der Waals surface area contributed by atoms with E-state index in [2.05, 4.69) is 0 Å². The van der Waals surface area contributed by atoms with Crippen molar-refractivity contribution in [2.24, 2.45) is 11.8 Å². The molecule has 2 unspecified atom stereocenters. The molecule has 0 N–H and O–H groups in total. The third kappa shape index (κ3) is 2.68. The lowest BCUT2D eigenvalue weighted by Gasteiger charge is -2.46. The van der Waals surface area contributed by atoms with Crippen molar-refractivity contribution in [3.63, 3.8) is 0 Å². The van der Waals surface area contributed by atoms with Crippen molar-refractivity contribution in [3.05, 3.63) is 35.4 Å². The Bertz CT molecular complexity index is 640. The number of fused-ring (bicyclic) bond motifs is 2. The van der Waals surface area contributed by atoms with E-state index in [-0.39, 0.29) is 11.8 Å². The van der Waals surface area contributed by atoms with E-state index in [9.17, 15) is 4.79 Å². The van der Waals surface area contributed by atoms with Gasteiger partial charge < -0.3 is 14.2 Å². The minimum Gasteiger partial charge on any atom is -0.497 e. The Kier molecular flexibility index (Phi) is 4.19. The molecule has 0 aromatic heterocycles. The molecule has 1 aliphatic heterocycles. The van der Waals surface area contributed by atoms with E-state index < -0.39 is 5.79 Å². The van der Waals surface area contributed by atoms with Gasteiger partial charge in [-0.25, -0.2) is 0 Å². The van der Waals surface area contributed by atoms with E-state index in [4.69, 9.17) is 14.2 Å². The first-order chi connectivity index (χ1) is 11.7. The van der Waals surface area contributed by atoms with Crippen LogP contribution in [0.4, 0.5) is 0 Å². The summed E-state index contributed by atoms with van der Waals surface area (Å²) in [4.78, 5) is 13.0. The summed E-state index contributed by atoms with van der Waals surface area (Å²) in [5.41, 5.74) is 1.99. The first kappa shape index (κ1) is 15.9. The van der Waals surface area contributed by atoms with Crippen molar-refractivity contribution in [1.82, 2.24) is 0 Å². The Balaban J connectivity index is 1.56. The second kappa shape index (κ2) is 6.34. The summed E-state index contributed by atoms with van der Waals surface area (Å²) in [5.74, 6) is 0.908. The molecule has 24 heavy (non-hydrogen) atoms. The van der Waals surface area contributed by atoms with E-state index in [1.54, 1.807) is 7.11 Å². The molecule has 2 aliphatic carbocycles. The van der Waals surface area contributed by atoms with Crippen LogP contribution < -0.4 is 4.74 Å². The first-order valence-electron chi connectivity index (χ1n) is 8.89. The SMILES string of the molecule is COc1ccc(/C=C2\CCC3C(CCCC34OCCO4)C2=O)cc1. The highest BCUT2D eigenvalue weighted by atomic mass is 16.7. The number of hydrogen-bond donors (Lipinski definition) is 0. The normalized spacial score (nSPS) is 30.5. The number of Topliss-reactive ketones (excluding diaryl/α,β-unsaturated/α-hetero) is 1. The summed E-state index contributed by atoms with van der Waals surface area (Å²) < 4.78 is 17.1. The number of benzene rings is 1. The van der Waals surface area contributed by atoms with E-state index in [0.29, 0.717) is 19.0 Å². The molecule has 3 aliphatic rings. The minimum absolute atomic E-state index is 0.0510. The molecule has 3 fully saturated rings. The number of allylic oxidation sites excluding steroid dienone is 1. The fourth-order valence-corrected chi connectivity index (χ4v) is 4.54. The Morgan fingerprint density at radius 1 is 1.17 bits per heavy atom. The molecular formula is C20H24O4. The van der Waals surface area contributed by atoms with E-state index in [0.717, 1.165) is 49.0 Å². The van der Waals surface area contributed by atoms with Gasteiger partial charge in [0.15, 0.2) is 11.6 Å². The van der Waals surface area contributed by atoms with Crippen molar-refractivity contribution in [2.75, 3.05) is 20.3 Å². The third-order valence-corrected chi connectivity index (χ3v) is 5.70. The van der Waals surface area contributed by atoms with Crippen molar-refractivity contribution in [1.29, 1.82) is 0 Å². The molecular weight excluding hydrogens is 304 g/mol. The maximum Gasteiger partial charge on any atom is 0.171 e. The van der Waals surface area contributed by atoms with Gasteiger partial charge in [0.1, 0.15) is 5.75 Å². The summed E-state index contributed by atoms with van der Waals surface area (Å²) in [6.07, 6.45) is 6.70. The van der Waals surface area contributed by atoms with Gasteiger partial charge in [0.25, 0.3) is 0 Å². The molecule has 0 radical (unpaired) electrons. The average Bonchev–Trinajstić information content (AvgIpc) is 3.08. The van der Waals surface area contributed by atoms with Crippen molar-refractivity contribution < 1.29 is 19.0 Å². The molecule has 1 aromatic carbocycles. The van der Waals surface area contributed by atoms with Crippen LogP contribution in [0.3, 0.4) is 0 Å². The fourth-order valence-electron chi connectivity index (χ4n) is 4.54. The molecule has 4 rings (SSSR count). The van der Waals surface area contributed by atoms with Gasteiger partial charge in [-0.2, -0.15) is 0 Å². The zero-order valence-corrected chi connectivity index (χ0v) is 14.1. The van der Waals surface area contributed by atoms with Crippen LogP contribution in [0.25, 0.3) is 6.08 Å². The van der Waals surface area contributed by atoms with Crippen LogP contribution in [0.1, 0.15) is 37.7 Å². The topological polar surface area (TPSA) is 44.8 Å². The zero-order chi connectivity index (χ0) is 16.6. The molecule has 4 nitrogen and oxygen atoms in total. The zero-order valence-electron chi connectivity index (χ0n) is 14.1. The summed E-state index contributed by atoms with van der Waals surface area (Å²) in [7, 11) is 1.66. The van der Waals surface area contributed by atoms with Gasteiger partial charge in [-0.15, -0.1) is 0 Å². The molecule has 1 saturated heterocycles. The summed E-state index contributed by atoms with van der Waals surface area (Å²) >= 11 is 0. The summed E-state index contributed by atoms with van der Waals surface area (Å²) in [6.45, 7) is 1.32. The van der Waals surface area contributed by atoms with Crippen LogP contribution in [0.2, 0.25) is 0 Å². The third-order valence-electron chi connectivity index (χ3n) is 5.70. The predicted molar refractivity (Wildman–Crippen MR) is 90.7 cm³/mol. The largest absolute Gasteiger partial charge is 0.497 e. The highest BCUT2D eigenvalue weighted by molar-refractivity contribution is 6.02. The molecule has 128 valence electrons. The number of hydrogen-bond acceptors (Lipinski definition) is 4. The van der Waals surface area contributed by atoms with Crippen molar-refractivity contribution in [3.8, 4) is 5.75 Å². The molecule has 2 atom stereocenters. The van der Waals surface area contributed by atoms with Crippen LogP contribution in [-0.4, -0.2) is 31.9 Å². The number of rotatable bonds is 2. The lowest BCUT2D eigenvalue weighted by Crippen LogP contribution is -2.50. The summed E-state index contributed by atoms with van der Waals surface area (Å²) in [5, 5.41) is 0. The van der Waals surface area contributed by atoms with Gasteiger partial charge in [-0.3, -0.25) is 4.79 Å². The van der Waals surface area contributed by atoms with Gasteiger partial charge in [-0.1, -0.05) is 12.1 Å². The van der Waals surface area contributed by atoms with Crippen LogP contribution in [-0.2, 0) is 14.3 Å². The highest BCUT2D eigenvalue weighted by Gasteiger charge is 2.53. The quantitative estimate of drug-likeness (QED) is 0.778. The van der Waals surface area contributed by atoms with Crippen LogP contribution in [0.5, 0.6) is 5.75 Å². The van der Waals surface area contributed by atoms with Gasteiger partial charge >= 0.3 is 0 Å². The standard InChI is InChI=1S/C20H24O4/c1-22-16-7-4-14(5-8-16)13-15-6-9-18-17(19(15)21)3-2-10-20(18)23-11-12-24-20/h4-5,7-8,13,17-18H,2-3,6,9-12H2,1H3/b15-13+. The smallest absolute Gasteiger partial charge is 0.171 e. The molecule has 0 bridgehead atoms. The Morgan fingerprint density at radius 2 is 1.92 bits per heavy atom. The first-order valence-corrected chi connectivity index (χ1v) is 8.89. The maximum absolute atomic E-state index is 13.0. The highest BCUT2D eigenvalue weighted by Crippen LogP contribution is 2.49. The predicted octanol–water partition coefficient (Wildman–Crippen LogP) is 3.60. The molecule has 1 aromatic rings. The van der Waals surface area contributed by atoms with Crippen molar-refractivity contribution >= 4 is 11.9 Å². The van der Waals surface area contributed by atoms with Crippen molar-refractivity contribution in [2.45, 2.75) is 37.9 Å². The number of carbonyl (C=O) groups is 1. The van der Waals surface area contributed by atoms with Gasteiger partial charge in [0.05, 0.1) is 20.3 Å².